The lowest BCUT2D eigenvalue weighted by Crippen LogP contribution is -2.52. The molecule has 0 aliphatic carbocycles. The van der Waals surface area contributed by atoms with Gasteiger partial charge in [-0.25, -0.2) is 14.0 Å². The molecule has 2 saturated heterocycles. The van der Waals surface area contributed by atoms with E-state index in [-0.39, 0.29) is 23.9 Å². The van der Waals surface area contributed by atoms with Crippen molar-refractivity contribution >= 4 is 17.1 Å². The van der Waals surface area contributed by atoms with E-state index < -0.39 is 12.8 Å². The highest BCUT2D eigenvalue weighted by molar-refractivity contribution is 5.76. The highest BCUT2D eigenvalue weighted by Crippen LogP contribution is 2.34. The van der Waals surface area contributed by atoms with Gasteiger partial charge in [-0.3, -0.25) is 9.47 Å². The number of aromatic amines is 1. The Morgan fingerprint density at radius 1 is 1.26 bits per heavy atom. The van der Waals surface area contributed by atoms with Crippen LogP contribution in [-0.2, 0) is 4.74 Å². The van der Waals surface area contributed by atoms with Gasteiger partial charge < -0.3 is 14.6 Å². The van der Waals surface area contributed by atoms with E-state index >= 15 is 0 Å². The fourth-order valence-electron chi connectivity index (χ4n) is 4.83. The van der Waals surface area contributed by atoms with E-state index in [1.807, 2.05) is 37.5 Å². The average molecular weight is 435 g/mol. The number of likely N-dealkylation sites (tertiary alicyclic amines) is 2. The van der Waals surface area contributed by atoms with Crippen molar-refractivity contribution in [2.24, 2.45) is 0 Å². The molecule has 1 aromatic carbocycles. The minimum absolute atomic E-state index is 0.0436. The van der Waals surface area contributed by atoms with Gasteiger partial charge in [0.05, 0.1) is 11.0 Å². The summed E-state index contributed by atoms with van der Waals surface area (Å²) in [4.78, 5) is 31.7. The summed E-state index contributed by atoms with van der Waals surface area (Å²) in [5.41, 5.74) is 2.84. The number of fused-ring (bicyclic) bond motifs is 1. The van der Waals surface area contributed by atoms with Crippen molar-refractivity contribution < 1.29 is 13.9 Å². The largest absolute Gasteiger partial charge is 0.447 e. The Labute approximate surface area is 183 Å². The molecule has 2 aliphatic rings. The number of aromatic nitrogens is 2. The molecule has 31 heavy (non-hydrogen) atoms. The first kappa shape index (κ1) is 23.3. The van der Waals surface area contributed by atoms with Gasteiger partial charge in [-0.15, -0.1) is 0 Å². The molecule has 4 rings (SSSR count). The number of benzene rings is 1. The lowest BCUT2D eigenvalue weighted by Gasteiger charge is -2.43. The predicted octanol–water partition coefficient (Wildman–Crippen LogP) is 3.87. The van der Waals surface area contributed by atoms with Crippen molar-refractivity contribution in [2.45, 2.75) is 58.5 Å². The number of H-pyrrole nitrogens is 1. The molecule has 1 unspecified atom stereocenters. The summed E-state index contributed by atoms with van der Waals surface area (Å²) in [6.07, 6.45) is 2.22. The van der Waals surface area contributed by atoms with E-state index in [0.29, 0.717) is 13.1 Å². The number of rotatable bonds is 4. The number of aryl methyl sites for hydroxylation is 1. The minimum atomic E-state index is -0.656. The summed E-state index contributed by atoms with van der Waals surface area (Å²) in [7, 11) is 0. The normalized spacial score (nSPS) is 22.4. The lowest BCUT2D eigenvalue weighted by molar-refractivity contribution is 0.0621. The van der Waals surface area contributed by atoms with Gasteiger partial charge in [-0.1, -0.05) is 19.9 Å². The standard InChI is InChI=1S/C21H29FN4O3.C2H6/c1-15-3-4-17-18(13-15)26(19(27)23-17)16-5-9-25(10-6-16)21(2)7-11-24(14-21)20(28)29-12-8-22;1-2/h3-4,13,16H,5-12,14H2,1-2H3,(H,23,27);1-2H3. The maximum Gasteiger partial charge on any atom is 0.409 e. The monoisotopic (exact) mass is 434 g/mol. The van der Waals surface area contributed by atoms with E-state index in [4.69, 9.17) is 4.74 Å². The lowest BCUT2D eigenvalue weighted by atomic mass is 9.93. The Balaban J connectivity index is 0.00000132. The number of carbonyl (C=O) groups is 1. The second-order valence-electron chi connectivity index (χ2n) is 8.51. The molecule has 0 saturated carbocycles. The highest BCUT2D eigenvalue weighted by Gasteiger charge is 2.42. The molecule has 172 valence electrons. The van der Waals surface area contributed by atoms with Crippen LogP contribution < -0.4 is 5.69 Å². The predicted molar refractivity (Wildman–Crippen MR) is 120 cm³/mol. The second kappa shape index (κ2) is 9.85. The van der Waals surface area contributed by atoms with E-state index in [1.165, 1.54) is 0 Å². The Morgan fingerprint density at radius 3 is 2.65 bits per heavy atom. The summed E-state index contributed by atoms with van der Waals surface area (Å²) < 4.78 is 19.1. The summed E-state index contributed by atoms with van der Waals surface area (Å²) in [5.74, 6) is 0. The summed E-state index contributed by atoms with van der Waals surface area (Å²) in [6.45, 7) is 10.3. The van der Waals surface area contributed by atoms with Gasteiger partial charge in [0.2, 0.25) is 0 Å². The van der Waals surface area contributed by atoms with Crippen LogP contribution in [-0.4, -0.2) is 70.4 Å². The summed E-state index contributed by atoms with van der Waals surface area (Å²) in [6, 6.07) is 6.22. The number of hydrogen-bond donors (Lipinski definition) is 1. The zero-order chi connectivity index (χ0) is 22.6. The van der Waals surface area contributed by atoms with Crippen LogP contribution in [0.5, 0.6) is 0 Å². The zero-order valence-corrected chi connectivity index (χ0v) is 19.1. The van der Waals surface area contributed by atoms with Crippen molar-refractivity contribution in [2.75, 3.05) is 39.5 Å². The SMILES string of the molecule is CC.Cc1ccc2[nH]c(=O)n(C3CCN(C4(C)CCN(C(=O)OCCF)C4)CC3)c2c1. The van der Waals surface area contributed by atoms with E-state index in [2.05, 4.69) is 22.9 Å². The molecular formula is C23H35FN4O3. The van der Waals surface area contributed by atoms with Crippen LogP contribution in [0.2, 0.25) is 0 Å². The van der Waals surface area contributed by atoms with Crippen molar-refractivity contribution in [3.63, 3.8) is 0 Å². The number of imidazole rings is 1. The van der Waals surface area contributed by atoms with Gasteiger partial charge >= 0.3 is 11.8 Å². The Bertz CT molecular complexity index is 948. The number of alkyl halides is 1. The van der Waals surface area contributed by atoms with Gasteiger partial charge in [0.1, 0.15) is 13.3 Å². The molecule has 1 aromatic heterocycles. The maximum atomic E-state index is 12.6. The van der Waals surface area contributed by atoms with Crippen LogP contribution in [0.25, 0.3) is 11.0 Å². The Hall–Kier alpha value is -2.35. The third-order valence-electron chi connectivity index (χ3n) is 6.48. The van der Waals surface area contributed by atoms with Gasteiger partial charge in [0.25, 0.3) is 0 Å². The molecule has 0 radical (unpaired) electrons. The smallest absolute Gasteiger partial charge is 0.409 e. The van der Waals surface area contributed by atoms with Gasteiger partial charge in [-0.2, -0.15) is 0 Å². The molecule has 0 spiro atoms. The molecule has 3 heterocycles. The molecule has 7 nitrogen and oxygen atoms in total. The van der Waals surface area contributed by atoms with E-state index in [0.717, 1.165) is 48.9 Å². The minimum Gasteiger partial charge on any atom is -0.447 e. The van der Waals surface area contributed by atoms with Crippen LogP contribution in [0.3, 0.4) is 0 Å². The van der Waals surface area contributed by atoms with E-state index in [1.54, 1.807) is 4.90 Å². The van der Waals surface area contributed by atoms with Gasteiger partial charge in [0.15, 0.2) is 0 Å². The van der Waals surface area contributed by atoms with E-state index in [9.17, 15) is 14.0 Å². The topological polar surface area (TPSA) is 70.6 Å². The van der Waals surface area contributed by atoms with Crippen LogP contribution in [0.15, 0.2) is 23.0 Å². The number of halogens is 1. The number of amides is 1. The number of ether oxygens (including phenoxy) is 1. The zero-order valence-electron chi connectivity index (χ0n) is 19.1. The summed E-state index contributed by atoms with van der Waals surface area (Å²) in [5, 5.41) is 0. The third-order valence-corrected chi connectivity index (χ3v) is 6.48. The second-order valence-corrected chi connectivity index (χ2v) is 8.51. The Morgan fingerprint density at radius 2 is 1.97 bits per heavy atom. The average Bonchev–Trinajstić information content (AvgIpc) is 3.34. The molecule has 1 atom stereocenters. The van der Waals surface area contributed by atoms with Crippen molar-refractivity contribution in [1.29, 1.82) is 0 Å². The van der Waals surface area contributed by atoms with Gasteiger partial charge in [0, 0.05) is 37.8 Å². The van der Waals surface area contributed by atoms with Crippen LogP contribution in [0.4, 0.5) is 9.18 Å². The first-order valence-corrected chi connectivity index (χ1v) is 11.3. The van der Waals surface area contributed by atoms with Crippen molar-refractivity contribution in [1.82, 2.24) is 19.4 Å². The highest BCUT2D eigenvalue weighted by atomic mass is 19.1. The number of carbonyl (C=O) groups excluding carboxylic acids is 1. The molecule has 2 aliphatic heterocycles. The van der Waals surface area contributed by atoms with Crippen LogP contribution in [0, 0.1) is 6.92 Å². The molecule has 8 heteroatoms. The molecule has 2 fully saturated rings. The maximum absolute atomic E-state index is 12.6. The first-order chi connectivity index (χ1) is 14.9. The fraction of sp³-hybridized carbons (Fsp3) is 0.652. The van der Waals surface area contributed by atoms with Gasteiger partial charge in [-0.05, 0) is 50.8 Å². The molecule has 0 bridgehead atoms. The van der Waals surface area contributed by atoms with Crippen molar-refractivity contribution in [3.8, 4) is 0 Å². The fourth-order valence-corrected chi connectivity index (χ4v) is 4.83. The number of hydrogen-bond acceptors (Lipinski definition) is 4. The van der Waals surface area contributed by atoms with Crippen LogP contribution in [0.1, 0.15) is 51.6 Å². The Kier molecular flexibility index (Phi) is 7.41. The molecule has 1 amide bonds. The van der Waals surface area contributed by atoms with Crippen molar-refractivity contribution in [3.05, 3.63) is 34.2 Å². The number of nitrogens with zero attached hydrogens (tertiary/aromatic N) is 3. The molecule has 1 N–H and O–H groups in total. The number of piperidine rings is 1. The number of nitrogens with one attached hydrogen (secondary N) is 1. The third kappa shape index (κ3) is 4.79. The molecular weight excluding hydrogens is 399 g/mol. The summed E-state index contributed by atoms with van der Waals surface area (Å²) >= 11 is 0. The first-order valence-electron chi connectivity index (χ1n) is 11.3. The molecule has 2 aromatic rings. The quantitative estimate of drug-likeness (QED) is 0.793. The van der Waals surface area contributed by atoms with Crippen LogP contribution >= 0.6 is 0 Å².